The van der Waals surface area contributed by atoms with E-state index in [1.807, 2.05) is 32.3 Å². The van der Waals surface area contributed by atoms with Gasteiger partial charge in [-0.3, -0.25) is 4.79 Å². The lowest BCUT2D eigenvalue weighted by molar-refractivity contribution is -0.120. The van der Waals surface area contributed by atoms with Crippen molar-refractivity contribution in [1.29, 1.82) is 0 Å². The molecule has 0 radical (unpaired) electrons. The molecule has 0 aliphatic rings. The summed E-state index contributed by atoms with van der Waals surface area (Å²) in [4.78, 5) is 14.6. The summed E-state index contributed by atoms with van der Waals surface area (Å²) in [6, 6.07) is 13.8. The molecular formula is C21H28N2O4. The van der Waals surface area contributed by atoms with Crippen molar-refractivity contribution in [3.8, 4) is 17.2 Å². The predicted octanol–water partition coefficient (Wildman–Crippen LogP) is 2.67. The molecule has 1 atom stereocenters. The second-order valence-electron chi connectivity index (χ2n) is 6.40. The molecule has 0 heterocycles. The molecule has 0 aliphatic heterocycles. The van der Waals surface area contributed by atoms with Gasteiger partial charge in [0.05, 0.1) is 33.8 Å². The normalized spacial score (nSPS) is 11.8. The number of likely N-dealkylation sites (N-methyl/N-ethyl adjacent to an activating group) is 1. The molecule has 0 saturated heterocycles. The molecule has 6 heteroatoms. The standard InChI is InChI=1S/C21H28N2O4/c1-23(2)17(16-9-7-6-8-10-16)14-22-20(24)13-15-11-18(25-3)21(27-5)19(12-15)26-4/h6-12,17H,13-14H2,1-5H3,(H,22,24). The summed E-state index contributed by atoms with van der Waals surface area (Å²) in [7, 11) is 8.68. The van der Waals surface area contributed by atoms with E-state index in [-0.39, 0.29) is 18.4 Å². The molecule has 0 spiro atoms. The summed E-state index contributed by atoms with van der Waals surface area (Å²) in [6.07, 6.45) is 0.228. The maximum Gasteiger partial charge on any atom is 0.224 e. The van der Waals surface area contributed by atoms with E-state index in [0.717, 1.165) is 11.1 Å². The summed E-state index contributed by atoms with van der Waals surface area (Å²) >= 11 is 0. The van der Waals surface area contributed by atoms with Crippen molar-refractivity contribution in [2.45, 2.75) is 12.5 Å². The maximum absolute atomic E-state index is 12.5. The van der Waals surface area contributed by atoms with Crippen LogP contribution in [-0.2, 0) is 11.2 Å². The summed E-state index contributed by atoms with van der Waals surface area (Å²) in [5, 5.41) is 3.02. The SMILES string of the molecule is COc1cc(CC(=O)NCC(c2ccccc2)N(C)C)cc(OC)c1OC. The Labute approximate surface area is 161 Å². The van der Waals surface area contributed by atoms with E-state index >= 15 is 0 Å². The molecule has 0 bridgehead atoms. The Balaban J connectivity index is 2.07. The lowest BCUT2D eigenvalue weighted by Crippen LogP contribution is -2.35. The highest BCUT2D eigenvalue weighted by Crippen LogP contribution is 2.38. The average Bonchev–Trinajstić information content (AvgIpc) is 2.67. The van der Waals surface area contributed by atoms with E-state index in [1.54, 1.807) is 33.5 Å². The Kier molecular flexibility index (Phi) is 7.49. The van der Waals surface area contributed by atoms with Crippen molar-refractivity contribution in [2.75, 3.05) is 42.0 Å². The van der Waals surface area contributed by atoms with Gasteiger partial charge in [-0.2, -0.15) is 0 Å². The second kappa shape index (κ2) is 9.83. The Bertz CT molecular complexity index is 722. The molecule has 0 fully saturated rings. The Hall–Kier alpha value is -2.73. The van der Waals surface area contributed by atoms with Crippen LogP contribution in [0.5, 0.6) is 17.2 Å². The number of hydrogen-bond acceptors (Lipinski definition) is 5. The van der Waals surface area contributed by atoms with E-state index in [2.05, 4.69) is 22.3 Å². The molecule has 0 saturated carbocycles. The minimum Gasteiger partial charge on any atom is -0.493 e. The quantitative estimate of drug-likeness (QED) is 0.733. The van der Waals surface area contributed by atoms with Crippen molar-refractivity contribution in [2.24, 2.45) is 0 Å². The van der Waals surface area contributed by atoms with Crippen LogP contribution in [0.3, 0.4) is 0 Å². The molecule has 2 aromatic carbocycles. The van der Waals surface area contributed by atoms with E-state index in [0.29, 0.717) is 23.8 Å². The van der Waals surface area contributed by atoms with Gasteiger partial charge in [-0.15, -0.1) is 0 Å². The number of ether oxygens (including phenoxy) is 3. The summed E-state index contributed by atoms with van der Waals surface area (Å²) in [5.41, 5.74) is 1.96. The zero-order valence-electron chi connectivity index (χ0n) is 16.6. The van der Waals surface area contributed by atoms with Crippen LogP contribution in [0.2, 0.25) is 0 Å². The van der Waals surface area contributed by atoms with E-state index in [4.69, 9.17) is 14.2 Å². The highest BCUT2D eigenvalue weighted by molar-refractivity contribution is 5.79. The Morgan fingerprint density at radius 3 is 2.07 bits per heavy atom. The molecule has 146 valence electrons. The maximum atomic E-state index is 12.5. The second-order valence-corrected chi connectivity index (χ2v) is 6.40. The van der Waals surface area contributed by atoms with Gasteiger partial charge in [0.1, 0.15) is 0 Å². The van der Waals surface area contributed by atoms with E-state index in [1.165, 1.54) is 0 Å². The number of amides is 1. The van der Waals surface area contributed by atoms with Crippen LogP contribution in [0.1, 0.15) is 17.2 Å². The molecule has 2 rings (SSSR count). The van der Waals surface area contributed by atoms with Gasteiger partial charge < -0.3 is 24.4 Å². The molecule has 1 N–H and O–H groups in total. The first-order chi connectivity index (χ1) is 13.0. The molecule has 1 amide bonds. The van der Waals surface area contributed by atoms with E-state index < -0.39 is 0 Å². The first-order valence-electron chi connectivity index (χ1n) is 8.77. The van der Waals surface area contributed by atoms with Crippen molar-refractivity contribution in [1.82, 2.24) is 10.2 Å². The fourth-order valence-electron chi connectivity index (χ4n) is 2.97. The van der Waals surface area contributed by atoms with Crippen molar-refractivity contribution < 1.29 is 19.0 Å². The number of hydrogen-bond donors (Lipinski definition) is 1. The average molecular weight is 372 g/mol. The van der Waals surface area contributed by atoms with Crippen molar-refractivity contribution in [3.05, 3.63) is 53.6 Å². The molecular weight excluding hydrogens is 344 g/mol. The smallest absolute Gasteiger partial charge is 0.224 e. The summed E-state index contributed by atoms with van der Waals surface area (Å²) in [5.74, 6) is 1.53. The van der Waals surface area contributed by atoms with Gasteiger partial charge in [0.2, 0.25) is 11.7 Å². The van der Waals surface area contributed by atoms with Gasteiger partial charge >= 0.3 is 0 Å². The predicted molar refractivity (Wildman–Crippen MR) is 106 cm³/mol. The Morgan fingerprint density at radius 1 is 1.00 bits per heavy atom. The molecule has 1 unspecified atom stereocenters. The van der Waals surface area contributed by atoms with Gasteiger partial charge in [-0.05, 0) is 37.4 Å². The van der Waals surface area contributed by atoms with Crippen LogP contribution in [0, 0.1) is 0 Å². The largest absolute Gasteiger partial charge is 0.493 e. The summed E-state index contributed by atoms with van der Waals surface area (Å²) < 4.78 is 16.0. The van der Waals surface area contributed by atoms with Gasteiger partial charge in [0, 0.05) is 6.54 Å². The van der Waals surface area contributed by atoms with Gasteiger partial charge in [-0.25, -0.2) is 0 Å². The lowest BCUT2D eigenvalue weighted by Gasteiger charge is -2.25. The van der Waals surface area contributed by atoms with Crippen LogP contribution in [-0.4, -0.2) is 52.8 Å². The van der Waals surface area contributed by atoms with Gasteiger partial charge in [0.15, 0.2) is 11.5 Å². The van der Waals surface area contributed by atoms with Crippen LogP contribution in [0.15, 0.2) is 42.5 Å². The van der Waals surface area contributed by atoms with Crippen LogP contribution in [0.4, 0.5) is 0 Å². The van der Waals surface area contributed by atoms with Gasteiger partial charge in [0.25, 0.3) is 0 Å². The van der Waals surface area contributed by atoms with Crippen LogP contribution in [0.25, 0.3) is 0 Å². The third-order valence-corrected chi connectivity index (χ3v) is 4.39. The zero-order valence-corrected chi connectivity index (χ0v) is 16.6. The fraction of sp³-hybridized carbons (Fsp3) is 0.381. The van der Waals surface area contributed by atoms with Crippen molar-refractivity contribution >= 4 is 5.91 Å². The molecule has 2 aromatic rings. The number of nitrogens with one attached hydrogen (secondary N) is 1. The van der Waals surface area contributed by atoms with Gasteiger partial charge in [-0.1, -0.05) is 30.3 Å². The minimum absolute atomic E-state index is 0.0629. The minimum atomic E-state index is -0.0629. The third kappa shape index (κ3) is 5.37. The number of rotatable bonds is 9. The molecule has 0 aromatic heterocycles. The van der Waals surface area contributed by atoms with Crippen molar-refractivity contribution in [3.63, 3.8) is 0 Å². The zero-order chi connectivity index (χ0) is 19.8. The Morgan fingerprint density at radius 2 is 1.59 bits per heavy atom. The summed E-state index contributed by atoms with van der Waals surface area (Å²) in [6.45, 7) is 0.528. The fourth-order valence-corrected chi connectivity index (χ4v) is 2.97. The van der Waals surface area contributed by atoms with E-state index in [9.17, 15) is 4.79 Å². The highest BCUT2D eigenvalue weighted by atomic mass is 16.5. The number of nitrogens with zero attached hydrogens (tertiary/aromatic N) is 1. The van der Waals surface area contributed by atoms with Crippen LogP contribution >= 0.6 is 0 Å². The highest BCUT2D eigenvalue weighted by Gasteiger charge is 2.17. The number of benzene rings is 2. The number of methoxy groups -OCH3 is 3. The monoisotopic (exact) mass is 372 g/mol. The number of carbonyl (C=O) groups is 1. The lowest BCUT2D eigenvalue weighted by atomic mass is 10.1. The molecule has 0 aliphatic carbocycles. The topological polar surface area (TPSA) is 60.0 Å². The first kappa shape index (κ1) is 20.6. The molecule has 27 heavy (non-hydrogen) atoms. The van der Waals surface area contributed by atoms with Crippen LogP contribution < -0.4 is 19.5 Å². The third-order valence-electron chi connectivity index (χ3n) is 4.39. The molecule has 6 nitrogen and oxygen atoms in total. The first-order valence-corrected chi connectivity index (χ1v) is 8.77. The number of carbonyl (C=O) groups excluding carboxylic acids is 1.